The standard InChI is InChI=1S/C24H20N6O2/c31-29(27-21-7-3-1-4-8-21)23-15-11-19(12-16-23)25-26-20-13-17-24(18-14-20)30(32)28-22-9-5-2-6-10-22/h1-18H,(H,27,31)(H,28,32)/q+2. The zero-order valence-corrected chi connectivity index (χ0v) is 17.0. The van der Waals surface area contributed by atoms with Crippen LogP contribution in [0.1, 0.15) is 0 Å². The second-order valence-corrected chi connectivity index (χ2v) is 6.78. The Morgan fingerprint density at radius 1 is 0.469 bits per heavy atom. The number of hydrogen-bond donors (Lipinski definition) is 2. The van der Waals surface area contributed by atoms with E-state index in [1.807, 2.05) is 60.7 Å². The Balaban J connectivity index is 1.35. The van der Waals surface area contributed by atoms with E-state index in [1.54, 1.807) is 48.5 Å². The van der Waals surface area contributed by atoms with Crippen LogP contribution < -0.4 is 10.9 Å². The summed E-state index contributed by atoms with van der Waals surface area (Å²) >= 11 is 0. The van der Waals surface area contributed by atoms with E-state index in [2.05, 4.69) is 21.1 Å². The van der Waals surface area contributed by atoms with Gasteiger partial charge in [-0.3, -0.25) is 0 Å². The van der Waals surface area contributed by atoms with E-state index in [-0.39, 0.29) is 0 Å². The van der Waals surface area contributed by atoms with Crippen molar-refractivity contribution >= 4 is 34.1 Å². The molecule has 32 heavy (non-hydrogen) atoms. The number of hydrazine groups is 2. The average Bonchev–Trinajstić information content (AvgIpc) is 2.84. The van der Waals surface area contributed by atoms with Crippen molar-refractivity contribution in [1.29, 1.82) is 0 Å². The van der Waals surface area contributed by atoms with Crippen LogP contribution in [0.4, 0.5) is 34.1 Å². The van der Waals surface area contributed by atoms with Crippen molar-refractivity contribution in [3.63, 3.8) is 0 Å². The van der Waals surface area contributed by atoms with Gasteiger partial charge in [0.15, 0.2) is 9.74 Å². The maximum absolute atomic E-state index is 12.2. The number of rotatable bonds is 8. The number of hydrogen-bond acceptors (Lipinski definition) is 4. The van der Waals surface area contributed by atoms with Crippen LogP contribution in [0.25, 0.3) is 0 Å². The maximum Gasteiger partial charge on any atom is 0.292 e. The molecule has 0 aliphatic heterocycles. The molecule has 8 heteroatoms. The van der Waals surface area contributed by atoms with Crippen molar-refractivity contribution in [2.45, 2.75) is 0 Å². The van der Waals surface area contributed by atoms with E-state index in [9.17, 15) is 9.81 Å². The molecule has 0 amide bonds. The number of nitroso groups, excluding NO2 is 2. The van der Waals surface area contributed by atoms with Gasteiger partial charge in [0.2, 0.25) is 0 Å². The van der Waals surface area contributed by atoms with E-state index in [0.29, 0.717) is 43.9 Å². The fraction of sp³-hybridized carbons (Fsp3) is 0. The molecule has 4 rings (SSSR count). The fourth-order valence-electron chi connectivity index (χ4n) is 2.81. The molecule has 0 aliphatic carbocycles. The van der Waals surface area contributed by atoms with Gasteiger partial charge < -0.3 is 0 Å². The fourth-order valence-corrected chi connectivity index (χ4v) is 2.81. The molecule has 0 atom stereocenters. The van der Waals surface area contributed by atoms with Gasteiger partial charge in [-0.1, -0.05) is 36.4 Å². The van der Waals surface area contributed by atoms with Crippen molar-refractivity contribution in [3.8, 4) is 0 Å². The van der Waals surface area contributed by atoms with Crippen LogP contribution in [0.2, 0.25) is 0 Å². The Bertz CT molecular complexity index is 1130. The lowest BCUT2D eigenvalue weighted by atomic mass is 10.3. The zero-order chi connectivity index (χ0) is 22.2. The van der Waals surface area contributed by atoms with Crippen molar-refractivity contribution < 1.29 is 9.74 Å². The SMILES string of the molecule is O=[N+](Nc1ccccc1)c1ccc(N=Nc2ccc([N+](=O)Nc3ccccc3)cc2)cc1. The molecular formula is C24H20N6O2+2. The van der Waals surface area contributed by atoms with E-state index >= 15 is 0 Å². The van der Waals surface area contributed by atoms with Crippen LogP contribution in [0, 0.1) is 9.81 Å². The highest BCUT2D eigenvalue weighted by atomic mass is 16.3. The zero-order valence-electron chi connectivity index (χ0n) is 17.0. The van der Waals surface area contributed by atoms with Crippen LogP contribution in [-0.4, -0.2) is 9.74 Å². The third kappa shape index (κ3) is 5.45. The topological polar surface area (TPSA) is 88.9 Å². The Kier molecular flexibility index (Phi) is 6.33. The van der Waals surface area contributed by atoms with Gasteiger partial charge in [-0.15, -0.1) is 10.9 Å². The highest BCUT2D eigenvalue weighted by Crippen LogP contribution is 2.24. The Hall–Kier alpha value is -4.72. The minimum absolute atomic E-state index is 0.443. The first-order valence-corrected chi connectivity index (χ1v) is 9.87. The van der Waals surface area contributed by atoms with Crippen molar-refractivity contribution in [2.75, 3.05) is 10.9 Å². The highest BCUT2D eigenvalue weighted by molar-refractivity contribution is 5.48. The number of azo groups is 1. The van der Waals surface area contributed by atoms with Crippen molar-refractivity contribution in [1.82, 2.24) is 0 Å². The van der Waals surface area contributed by atoms with Crippen LogP contribution in [-0.2, 0) is 0 Å². The van der Waals surface area contributed by atoms with Gasteiger partial charge in [-0.05, 0) is 48.5 Å². The highest BCUT2D eigenvalue weighted by Gasteiger charge is 2.15. The largest absolute Gasteiger partial charge is 0.292 e. The number of benzene rings is 4. The summed E-state index contributed by atoms with van der Waals surface area (Å²) in [5.74, 6) is 0. The predicted molar refractivity (Wildman–Crippen MR) is 124 cm³/mol. The second kappa shape index (κ2) is 9.86. The molecule has 0 heterocycles. The molecule has 0 saturated carbocycles. The number of nitrogens with one attached hydrogen (secondary N) is 2. The van der Waals surface area contributed by atoms with Gasteiger partial charge in [-0.25, -0.2) is 0 Å². The summed E-state index contributed by atoms with van der Waals surface area (Å²) in [6.07, 6.45) is 0. The van der Waals surface area contributed by atoms with Gasteiger partial charge in [-0.2, -0.15) is 10.2 Å². The second-order valence-electron chi connectivity index (χ2n) is 6.78. The van der Waals surface area contributed by atoms with Crippen LogP contribution >= 0.6 is 0 Å². The third-order valence-electron chi connectivity index (χ3n) is 4.46. The lowest BCUT2D eigenvalue weighted by Gasteiger charge is -1.98. The summed E-state index contributed by atoms with van der Waals surface area (Å²) in [5.41, 5.74) is 8.99. The first-order chi connectivity index (χ1) is 15.7. The Labute approximate surface area is 184 Å². The molecule has 0 fully saturated rings. The van der Waals surface area contributed by atoms with Gasteiger partial charge >= 0.3 is 0 Å². The number of nitrogens with zero attached hydrogens (tertiary/aromatic N) is 4. The van der Waals surface area contributed by atoms with E-state index in [0.717, 1.165) is 0 Å². The summed E-state index contributed by atoms with van der Waals surface area (Å²) in [6, 6.07) is 31.8. The van der Waals surface area contributed by atoms with Crippen LogP contribution in [0.15, 0.2) is 119 Å². The Morgan fingerprint density at radius 3 is 1.16 bits per heavy atom. The molecule has 0 bridgehead atoms. The molecule has 0 spiro atoms. The molecule has 0 saturated heterocycles. The minimum atomic E-state index is 0.443. The molecule has 8 nitrogen and oxygen atoms in total. The summed E-state index contributed by atoms with van der Waals surface area (Å²) < 4.78 is 0. The third-order valence-corrected chi connectivity index (χ3v) is 4.46. The first-order valence-electron chi connectivity index (χ1n) is 9.87. The van der Waals surface area contributed by atoms with Crippen LogP contribution in [0.5, 0.6) is 0 Å². The molecule has 0 aliphatic rings. The van der Waals surface area contributed by atoms with E-state index in [4.69, 9.17) is 0 Å². The van der Waals surface area contributed by atoms with Crippen LogP contribution in [0.3, 0.4) is 0 Å². The average molecular weight is 424 g/mol. The van der Waals surface area contributed by atoms with Gasteiger partial charge in [0.25, 0.3) is 11.4 Å². The molecule has 2 N–H and O–H groups in total. The maximum atomic E-state index is 12.2. The molecule has 4 aromatic rings. The summed E-state index contributed by atoms with van der Waals surface area (Å²) in [5, 5.41) is 8.36. The van der Waals surface area contributed by atoms with E-state index in [1.165, 1.54) is 0 Å². The molecular weight excluding hydrogens is 404 g/mol. The summed E-state index contributed by atoms with van der Waals surface area (Å²) in [4.78, 5) is 25.8. The number of para-hydroxylation sites is 2. The lowest BCUT2D eigenvalue weighted by Crippen LogP contribution is -2.09. The molecule has 0 unspecified atom stereocenters. The summed E-state index contributed by atoms with van der Waals surface area (Å²) in [7, 11) is 0. The molecule has 4 aromatic carbocycles. The molecule has 0 aromatic heterocycles. The minimum Gasteiger partial charge on any atom is -0.151 e. The van der Waals surface area contributed by atoms with Gasteiger partial charge in [0, 0.05) is 24.3 Å². The number of anilines is 2. The normalized spacial score (nSPS) is 10.6. The summed E-state index contributed by atoms with van der Waals surface area (Å²) in [6.45, 7) is 0. The van der Waals surface area contributed by atoms with Crippen molar-refractivity contribution in [2.24, 2.45) is 10.2 Å². The quantitative estimate of drug-likeness (QED) is 0.181. The van der Waals surface area contributed by atoms with Gasteiger partial charge in [0.05, 0.1) is 21.2 Å². The monoisotopic (exact) mass is 424 g/mol. The predicted octanol–water partition coefficient (Wildman–Crippen LogP) is 6.98. The van der Waals surface area contributed by atoms with E-state index < -0.39 is 0 Å². The lowest BCUT2D eigenvalue weighted by molar-refractivity contribution is -0.428. The smallest absolute Gasteiger partial charge is 0.151 e. The van der Waals surface area contributed by atoms with Crippen molar-refractivity contribution in [3.05, 3.63) is 119 Å². The molecule has 156 valence electrons. The molecule has 0 radical (unpaired) electrons. The van der Waals surface area contributed by atoms with Gasteiger partial charge in [0.1, 0.15) is 11.4 Å². The Morgan fingerprint density at radius 2 is 0.812 bits per heavy atom. The first kappa shape index (κ1) is 20.5.